The normalized spacial score (nSPS) is 11.0. The minimum atomic E-state index is 0.669. The molecule has 3 aromatic carbocycles. The number of aldehydes is 1. The molecule has 0 radical (unpaired) electrons. The number of aromatic nitrogens is 1. The van der Waals surface area contributed by atoms with Crippen LogP contribution >= 0.6 is 11.6 Å². The van der Waals surface area contributed by atoms with Gasteiger partial charge in [0.25, 0.3) is 0 Å². The van der Waals surface area contributed by atoms with Gasteiger partial charge in [-0.2, -0.15) is 0 Å². The summed E-state index contributed by atoms with van der Waals surface area (Å²) in [5.41, 5.74) is 6.66. The van der Waals surface area contributed by atoms with Crippen molar-refractivity contribution in [3.8, 4) is 22.4 Å². The van der Waals surface area contributed by atoms with Crippen LogP contribution in [0.3, 0.4) is 0 Å². The first-order valence-electron chi connectivity index (χ1n) is 8.11. The predicted molar refractivity (Wildman–Crippen MR) is 104 cm³/mol. The van der Waals surface area contributed by atoms with E-state index >= 15 is 0 Å². The van der Waals surface area contributed by atoms with Crippen LogP contribution in [0.25, 0.3) is 33.3 Å². The van der Waals surface area contributed by atoms with Crippen molar-refractivity contribution in [2.24, 2.45) is 0 Å². The molecule has 0 fully saturated rings. The van der Waals surface area contributed by atoms with Gasteiger partial charge in [-0.15, -0.1) is 0 Å². The Balaban J connectivity index is 1.84. The van der Waals surface area contributed by atoms with Crippen LogP contribution in [0.4, 0.5) is 0 Å². The average molecular weight is 346 g/mol. The average Bonchev–Trinajstić information content (AvgIpc) is 3.05. The van der Waals surface area contributed by atoms with E-state index in [0.29, 0.717) is 10.6 Å². The van der Waals surface area contributed by atoms with Crippen molar-refractivity contribution >= 4 is 28.8 Å². The van der Waals surface area contributed by atoms with E-state index in [0.717, 1.165) is 39.6 Å². The zero-order chi connectivity index (χ0) is 17.4. The second-order valence-electron chi connectivity index (χ2n) is 6.07. The summed E-state index contributed by atoms with van der Waals surface area (Å²) in [5, 5.41) is 1.59. The van der Waals surface area contributed by atoms with Crippen LogP contribution in [0.15, 0.2) is 66.7 Å². The van der Waals surface area contributed by atoms with E-state index in [4.69, 9.17) is 11.6 Å². The highest BCUT2D eigenvalue weighted by molar-refractivity contribution is 6.32. The predicted octanol–water partition coefficient (Wildman–Crippen LogP) is 6.28. The fraction of sp³-hybridized carbons (Fsp3) is 0.0455. The summed E-state index contributed by atoms with van der Waals surface area (Å²) in [7, 11) is 0. The fourth-order valence-electron chi connectivity index (χ4n) is 3.21. The van der Waals surface area contributed by atoms with Gasteiger partial charge in [-0.3, -0.25) is 4.79 Å². The lowest BCUT2D eigenvalue weighted by atomic mass is 10.0. The third-order valence-corrected chi connectivity index (χ3v) is 5.02. The Hall–Kier alpha value is -2.84. The standard InChI is InChI=1S/C22H16ClNO/c1-14-20(23)12-11-18-19(13-25)22(24-21(14)18)17-9-7-16(8-10-17)15-5-3-2-4-6-15/h2-13,24H,1H3. The molecule has 122 valence electrons. The van der Waals surface area contributed by atoms with Gasteiger partial charge in [0.2, 0.25) is 0 Å². The quantitative estimate of drug-likeness (QED) is 0.436. The molecule has 0 aliphatic carbocycles. The molecule has 4 aromatic rings. The molecule has 4 rings (SSSR count). The number of carbonyl (C=O) groups is 1. The van der Waals surface area contributed by atoms with Gasteiger partial charge < -0.3 is 4.98 Å². The van der Waals surface area contributed by atoms with Crippen molar-refractivity contribution in [1.82, 2.24) is 4.98 Å². The number of hydrogen-bond acceptors (Lipinski definition) is 1. The molecule has 0 saturated heterocycles. The highest BCUT2D eigenvalue weighted by atomic mass is 35.5. The number of hydrogen-bond donors (Lipinski definition) is 1. The first-order valence-corrected chi connectivity index (χ1v) is 8.48. The first kappa shape index (κ1) is 15.7. The summed E-state index contributed by atoms with van der Waals surface area (Å²) < 4.78 is 0. The topological polar surface area (TPSA) is 32.9 Å². The third-order valence-electron chi connectivity index (χ3n) is 4.61. The zero-order valence-electron chi connectivity index (χ0n) is 13.7. The Morgan fingerprint density at radius 1 is 0.840 bits per heavy atom. The fourth-order valence-corrected chi connectivity index (χ4v) is 3.37. The molecule has 0 saturated carbocycles. The van der Waals surface area contributed by atoms with E-state index in [2.05, 4.69) is 29.2 Å². The molecule has 0 spiro atoms. The van der Waals surface area contributed by atoms with Crippen LogP contribution in [0.1, 0.15) is 15.9 Å². The molecule has 3 heteroatoms. The largest absolute Gasteiger partial charge is 0.354 e. The number of nitrogens with one attached hydrogen (secondary N) is 1. The minimum absolute atomic E-state index is 0.669. The van der Waals surface area contributed by atoms with Crippen molar-refractivity contribution in [2.75, 3.05) is 0 Å². The van der Waals surface area contributed by atoms with E-state index in [1.54, 1.807) is 0 Å². The molecule has 0 aliphatic rings. The maximum absolute atomic E-state index is 11.7. The van der Waals surface area contributed by atoms with Crippen molar-refractivity contribution < 1.29 is 4.79 Å². The Bertz CT molecular complexity index is 1060. The molecular weight excluding hydrogens is 330 g/mol. The van der Waals surface area contributed by atoms with Crippen molar-refractivity contribution in [2.45, 2.75) is 6.92 Å². The van der Waals surface area contributed by atoms with E-state index < -0.39 is 0 Å². The van der Waals surface area contributed by atoms with Crippen LogP contribution in [0.2, 0.25) is 5.02 Å². The van der Waals surface area contributed by atoms with Crippen LogP contribution in [0.5, 0.6) is 0 Å². The number of benzene rings is 3. The zero-order valence-corrected chi connectivity index (χ0v) is 14.5. The van der Waals surface area contributed by atoms with Gasteiger partial charge in [0.15, 0.2) is 6.29 Å². The van der Waals surface area contributed by atoms with Crippen molar-refractivity contribution in [1.29, 1.82) is 0 Å². The molecule has 1 heterocycles. The number of rotatable bonds is 3. The molecule has 0 atom stereocenters. The number of H-pyrrole nitrogens is 1. The minimum Gasteiger partial charge on any atom is -0.354 e. The maximum atomic E-state index is 11.7. The summed E-state index contributed by atoms with van der Waals surface area (Å²) in [6.07, 6.45) is 0.909. The first-order chi connectivity index (χ1) is 12.2. The van der Waals surface area contributed by atoms with Crippen LogP contribution < -0.4 is 0 Å². The summed E-state index contributed by atoms with van der Waals surface area (Å²) in [6, 6.07) is 22.2. The SMILES string of the molecule is Cc1c(Cl)ccc2c(C=O)c(-c3ccc(-c4ccccc4)cc3)[nH]c12. The van der Waals surface area contributed by atoms with Gasteiger partial charge in [0, 0.05) is 16.0 Å². The molecular formula is C22H16ClNO. The van der Waals surface area contributed by atoms with Gasteiger partial charge in [0.05, 0.1) is 11.2 Å². The Morgan fingerprint density at radius 2 is 1.48 bits per heavy atom. The lowest BCUT2D eigenvalue weighted by Crippen LogP contribution is -1.85. The smallest absolute Gasteiger partial charge is 0.152 e. The molecule has 1 aromatic heterocycles. The number of fused-ring (bicyclic) bond motifs is 1. The second-order valence-corrected chi connectivity index (χ2v) is 6.48. The molecule has 0 bridgehead atoms. The van der Waals surface area contributed by atoms with E-state index in [1.807, 2.05) is 49.4 Å². The number of halogens is 1. The number of carbonyl (C=O) groups excluding carboxylic acids is 1. The van der Waals surface area contributed by atoms with Crippen molar-refractivity contribution in [3.63, 3.8) is 0 Å². The highest BCUT2D eigenvalue weighted by Crippen LogP contribution is 2.34. The highest BCUT2D eigenvalue weighted by Gasteiger charge is 2.15. The lowest BCUT2D eigenvalue weighted by Gasteiger charge is -2.04. The molecule has 1 N–H and O–H groups in total. The Kier molecular flexibility index (Phi) is 3.90. The van der Waals surface area contributed by atoms with Crippen LogP contribution in [-0.4, -0.2) is 11.3 Å². The number of aromatic amines is 1. The monoisotopic (exact) mass is 345 g/mol. The number of aryl methyl sites for hydroxylation is 1. The summed E-state index contributed by atoms with van der Waals surface area (Å²) in [5.74, 6) is 0. The summed E-state index contributed by atoms with van der Waals surface area (Å²) in [6.45, 7) is 1.96. The Labute approximate surface area is 151 Å². The van der Waals surface area contributed by atoms with Gasteiger partial charge in [-0.1, -0.05) is 72.3 Å². The Morgan fingerprint density at radius 3 is 2.16 bits per heavy atom. The molecule has 25 heavy (non-hydrogen) atoms. The molecule has 0 amide bonds. The molecule has 2 nitrogen and oxygen atoms in total. The summed E-state index contributed by atoms with van der Waals surface area (Å²) >= 11 is 6.22. The van der Waals surface area contributed by atoms with Gasteiger partial charge in [0.1, 0.15) is 0 Å². The van der Waals surface area contributed by atoms with Crippen molar-refractivity contribution in [3.05, 3.63) is 82.9 Å². The van der Waals surface area contributed by atoms with Gasteiger partial charge in [-0.25, -0.2) is 0 Å². The third kappa shape index (κ3) is 2.65. The molecule has 0 unspecified atom stereocenters. The van der Waals surface area contributed by atoms with Gasteiger partial charge in [-0.05, 0) is 35.2 Å². The lowest BCUT2D eigenvalue weighted by molar-refractivity contribution is 0.112. The second kappa shape index (κ2) is 6.23. The maximum Gasteiger partial charge on any atom is 0.152 e. The van der Waals surface area contributed by atoms with E-state index in [1.165, 1.54) is 5.56 Å². The van der Waals surface area contributed by atoms with Crippen LogP contribution in [0, 0.1) is 6.92 Å². The van der Waals surface area contributed by atoms with E-state index in [-0.39, 0.29) is 0 Å². The van der Waals surface area contributed by atoms with Crippen LogP contribution in [-0.2, 0) is 0 Å². The van der Waals surface area contributed by atoms with Gasteiger partial charge >= 0.3 is 0 Å². The summed E-state index contributed by atoms with van der Waals surface area (Å²) in [4.78, 5) is 15.1. The van der Waals surface area contributed by atoms with E-state index in [9.17, 15) is 4.79 Å². The molecule has 0 aliphatic heterocycles.